The van der Waals surface area contributed by atoms with E-state index in [9.17, 15) is 0 Å². The van der Waals surface area contributed by atoms with Gasteiger partial charge in [-0.2, -0.15) is 9.97 Å². The standard InChI is InChI=1S/C19H24N8.C18H22N8/c1-5-14-7-8-19(6-2)17-24-23-13(4)26(17)15-11-21-18(22-16(15)27(14)19)25-10-9-20-12(25)3;1-4-13-6-7-18(5-2)16-23-21-11-25(16)14-10-20-17(22-15(14)26(13)18)24-9-8-19-12(24)3/h9-11,14H,5-8H2,1-4H3;8-11,13H,4-7H2,1-3H3/t14-,19+;13-,18+/m11/s1. The van der Waals surface area contributed by atoms with Crippen molar-refractivity contribution in [1.82, 2.24) is 68.6 Å². The van der Waals surface area contributed by atoms with E-state index in [0.29, 0.717) is 24.0 Å². The van der Waals surface area contributed by atoms with Crippen LogP contribution in [0.4, 0.5) is 11.6 Å². The van der Waals surface area contributed by atoms with Gasteiger partial charge in [-0.15, -0.1) is 20.4 Å². The van der Waals surface area contributed by atoms with Crippen LogP contribution in [0.3, 0.4) is 0 Å². The molecule has 4 aliphatic rings. The van der Waals surface area contributed by atoms with Gasteiger partial charge in [-0.3, -0.25) is 18.3 Å². The zero-order valence-corrected chi connectivity index (χ0v) is 31.5. The second kappa shape index (κ2) is 12.3. The Morgan fingerprint density at radius 2 is 1.17 bits per heavy atom. The lowest BCUT2D eigenvalue weighted by Gasteiger charge is -2.44. The van der Waals surface area contributed by atoms with E-state index in [1.165, 1.54) is 0 Å². The maximum Gasteiger partial charge on any atom is 0.237 e. The topological polar surface area (TPSA) is 155 Å². The zero-order chi connectivity index (χ0) is 36.6. The minimum atomic E-state index is -0.148. The summed E-state index contributed by atoms with van der Waals surface area (Å²) < 4.78 is 8.07. The summed E-state index contributed by atoms with van der Waals surface area (Å²) in [5.74, 6) is 7.94. The lowest BCUT2D eigenvalue weighted by atomic mass is 9.90. The van der Waals surface area contributed by atoms with Crippen LogP contribution in [0.25, 0.3) is 23.3 Å². The van der Waals surface area contributed by atoms with Gasteiger partial charge in [0.25, 0.3) is 0 Å². The van der Waals surface area contributed by atoms with E-state index in [0.717, 1.165) is 103 Å². The van der Waals surface area contributed by atoms with E-state index < -0.39 is 0 Å². The third-order valence-corrected chi connectivity index (χ3v) is 12.3. The van der Waals surface area contributed by atoms with Crippen molar-refractivity contribution in [3.05, 3.63) is 72.6 Å². The molecule has 274 valence electrons. The second-order valence-electron chi connectivity index (χ2n) is 14.6. The van der Waals surface area contributed by atoms with Crippen LogP contribution in [0.1, 0.15) is 108 Å². The molecule has 0 unspecified atom stereocenters. The highest BCUT2D eigenvalue weighted by Crippen LogP contribution is 2.53. The van der Waals surface area contributed by atoms with E-state index in [1.807, 2.05) is 54.7 Å². The van der Waals surface area contributed by atoms with Gasteiger partial charge < -0.3 is 9.80 Å². The van der Waals surface area contributed by atoms with Gasteiger partial charge in [0.05, 0.1) is 12.4 Å². The molecule has 0 aromatic carbocycles. The molecule has 0 aliphatic carbocycles. The molecule has 0 amide bonds. The van der Waals surface area contributed by atoms with Crippen LogP contribution in [0.5, 0.6) is 0 Å². The van der Waals surface area contributed by atoms with Crippen LogP contribution in [0.15, 0.2) is 43.5 Å². The third-order valence-electron chi connectivity index (χ3n) is 12.3. The van der Waals surface area contributed by atoms with Crippen LogP contribution in [-0.2, 0) is 11.1 Å². The molecule has 0 N–H and O–H groups in total. The van der Waals surface area contributed by atoms with Gasteiger partial charge in [0.15, 0.2) is 23.3 Å². The first-order valence-electron chi connectivity index (χ1n) is 19.0. The summed E-state index contributed by atoms with van der Waals surface area (Å²) in [6.07, 6.45) is 21.5. The highest BCUT2D eigenvalue weighted by Gasteiger charge is 2.54. The average Bonchev–Trinajstić information content (AvgIpc) is 4.04. The zero-order valence-electron chi connectivity index (χ0n) is 31.5. The lowest BCUT2D eigenvalue weighted by Crippen LogP contribution is -2.50. The average molecular weight is 715 g/mol. The summed E-state index contributed by atoms with van der Waals surface area (Å²) >= 11 is 0. The molecular formula is C37H46N16. The van der Waals surface area contributed by atoms with Crippen molar-refractivity contribution in [3.63, 3.8) is 0 Å². The predicted molar refractivity (Wildman–Crippen MR) is 198 cm³/mol. The fraction of sp³-hybridized carbons (Fsp3) is 0.514. The van der Waals surface area contributed by atoms with Crippen molar-refractivity contribution in [1.29, 1.82) is 0 Å². The molecule has 4 aliphatic heterocycles. The number of anilines is 2. The quantitative estimate of drug-likeness (QED) is 0.217. The molecule has 53 heavy (non-hydrogen) atoms. The maximum atomic E-state index is 5.03. The molecule has 2 saturated heterocycles. The van der Waals surface area contributed by atoms with Crippen molar-refractivity contribution in [2.45, 2.75) is 123 Å². The Morgan fingerprint density at radius 3 is 1.70 bits per heavy atom. The van der Waals surface area contributed by atoms with E-state index >= 15 is 0 Å². The number of rotatable bonds is 6. The van der Waals surface area contributed by atoms with Gasteiger partial charge in [-0.25, -0.2) is 19.9 Å². The van der Waals surface area contributed by atoms with Gasteiger partial charge in [0.1, 0.15) is 46.3 Å². The molecule has 0 bridgehead atoms. The number of hydrogen-bond donors (Lipinski definition) is 0. The Kier molecular flexibility index (Phi) is 7.71. The molecule has 0 radical (unpaired) electrons. The molecule has 6 aromatic heterocycles. The predicted octanol–water partition coefficient (Wildman–Crippen LogP) is 5.41. The Balaban J connectivity index is 0.000000141. The summed E-state index contributed by atoms with van der Waals surface area (Å²) in [7, 11) is 0. The molecule has 2 fully saturated rings. The van der Waals surface area contributed by atoms with Gasteiger partial charge >= 0.3 is 0 Å². The number of aromatic nitrogens is 14. The number of hydrogen-bond acceptors (Lipinski definition) is 12. The van der Waals surface area contributed by atoms with Crippen LogP contribution >= 0.6 is 0 Å². The molecule has 10 heterocycles. The van der Waals surface area contributed by atoms with E-state index in [2.05, 4.69) is 87.0 Å². The Hall–Kier alpha value is -5.54. The lowest BCUT2D eigenvalue weighted by molar-refractivity contribution is 0.370. The molecule has 6 aromatic rings. The SMILES string of the molecule is CC[C@@H]1CC[C@@]2(CC)c3nnc(C)n3-c3cnc(-n4ccnc4C)nc3N12.CC[C@@H]1CC[C@@]2(CC)c3nncn3-c3cnc(-n4ccnc4C)nc3N12. The maximum absolute atomic E-state index is 5.03. The molecule has 16 heteroatoms. The van der Waals surface area contributed by atoms with Gasteiger partial charge in [-0.1, -0.05) is 27.7 Å². The van der Waals surface area contributed by atoms with E-state index in [4.69, 9.17) is 9.97 Å². The molecule has 4 atom stereocenters. The number of aryl methyl sites for hydroxylation is 3. The third kappa shape index (κ3) is 4.59. The van der Waals surface area contributed by atoms with Crippen LogP contribution in [-0.4, -0.2) is 80.7 Å². The minimum absolute atomic E-state index is 0.139. The summed E-state index contributed by atoms with van der Waals surface area (Å²) in [4.78, 5) is 32.9. The first-order chi connectivity index (χ1) is 25.8. The minimum Gasteiger partial charge on any atom is -0.339 e. The molecule has 10 rings (SSSR count). The van der Waals surface area contributed by atoms with Crippen molar-refractivity contribution in [2.24, 2.45) is 0 Å². The first kappa shape index (κ1) is 33.3. The monoisotopic (exact) mass is 714 g/mol. The Labute approximate surface area is 308 Å². The van der Waals surface area contributed by atoms with Crippen molar-refractivity contribution in [2.75, 3.05) is 9.80 Å². The highest BCUT2D eigenvalue weighted by atomic mass is 15.4. The first-order valence-corrected chi connectivity index (χ1v) is 19.0. The van der Waals surface area contributed by atoms with Gasteiger partial charge in [0, 0.05) is 36.9 Å². The Bertz CT molecular complexity index is 2310. The smallest absolute Gasteiger partial charge is 0.237 e. The largest absolute Gasteiger partial charge is 0.339 e. The summed E-state index contributed by atoms with van der Waals surface area (Å²) in [6, 6.07) is 0.895. The highest BCUT2D eigenvalue weighted by molar-refractivity contribution is 5.67. The normalized spacial score (nSPS) is 23.5. The van der Waals surface area contributed by atoms with E-state index in [-0.39, 0.29) is 11.1 Å². The summed E-state index contributed by atoms with van der Waals surface area (Å²) in [6.45, 7) is 14.9. The Morgan fingerprint density at radius 1 is 0.623 bits per heavy atom. The molecule has 0 saturated carbocycles. The van der Waals surface area contributed by atoms with Gasteiger partial charge in [-0.05, 0) is 72.1 Å². The fourth-order valence-electron chi connectivity index (χ4n) is 9.47. The summed E-state index contributed by atoms with van der Waals surface area (Å²) in [5, 5.41) is 17.7. The van der Waals surface area contributed by atoms with Gasteiger partial charge in [0.2, 0.25) is 11.9 Å². The fourth-order valence-corrected chi connectivity index (χ4v) is 9.47. The molecule has 0 spiro atoms. The molecular weight excluding hydrogens is 669 g/mol. The number of fused-ring (bicyclic) bond motifs is 12. The molecule has 16 nitrogen and oxygen atoms in total. The van der Waals surface area contributed by atoms with E-state index in [1.54, 1.807) is 18.7 Å². The van der Waals surface area contributed by atoms with Crippen LogP contribution in [0.2, 0.25) is 0 Å². The van der Waals surface area contributed by atoms with Crippen LogP contribution < -0.4 is 9.80 Å². The second-order valence-corrected chi connectivity index (χ2v) is 14.6. The van der Waals surface area contributed by atoms with Crippen molar-refractivity contribution in [3.8, 4) is 23.3 Å². The summed E-state index contributed by atoms with van der Waals surface area (Å²) in [5.41, 5.74) is 1.64. The van der Waals surface area contributed by atoms with Crippen molar-refractivity contribution < 1.29 is 0 Å². The number of nitrogens with zero attached hydrogens (tertiary/aromatic N) is 16. The van der Waals surface area contributed by atoms with Crippen molar-refractivity contribution >= 4 is 11.6 Å². The van der Waals surface area contributed by atoms with Crippen LogP contribution in [0, 0.1) is 20.8 Å². The number of imidazole rings is 2.